The number of aliphatic hydroxyl groups is 1. The zero-order valence-electron chi connectivity index (χ0n) is 11.0. The highest BCUT2D eigenvalue weighted by Crippen LogP contribution is 2.37. The van der Waals surface area contributed by atoms with Gasteiger partial charge in [0.15, 0.2) is 0 Å². The maximum atomic E-state index is 12.7. The molecule has 0 spiro atoms. The van der Waals surface area contributed by atoms with Crippen molar-refractivity contribution in [1.29, 1.82) is 0 Å². The van der Waals surface area contributed by atoms with Crippen molar-refractivity contribution >= 4 is 11.6 Å². The van der Waals surface area contributed by atoms with Gasteiger partial charge in [-0.05, 0) is 29.8 Å². The summed E-state index contributed by atoms with van der Waals surface area (Å²) in [4.78, 5) is 0. The third-order valence-corrected chi connectivity index (χ3v) is 3.37. The largest absolute Gasteiger partial charge is 0.496 e. The van der Waals surface area contributed by atoms with Crippen molar-refractivity contribution in [2.24, 2.45) is 0 Å². The number of benzene rings is 2. The first-order valence-electron chi connectivity index (χ1n) is 6.02. The second-order valence-corrected chi connectivity index (χ2v) is 4.79. The molecule has 2 aromatic rings. The Balaban J connectivity index is 2.48. The quantitative estimate of drug-likeness (QED) is 0.906. The number of hydrogen-bond donors (Lipinski definition) is 1. The molecular formula is C15H12ClF3O2. The molecule has 0 saturated carbocycles. The van der Waals surface area contributed by atoms with Gasteiger partial charge in [-0.15, -0.1) is 0 Å². The molecule has 112 valence electrons. The third kappa shape index (κ3) is 3.31. The second-order valence-electron chi connectivity index (χ2n) is 4.38. The van der Waals surface area contributed by atoms with E-state index < -0.39 is 17.8 Å². The molecule has 1 atom stereocenters. The molecule has 1 unspecified atom stereocenters. The van der Waals surface area contributed by atoms with Gasteiger partial charge in [0.2, 0.25) is 0 Å². The van der Waals surface area contributed by atoms with Crippen LogP contribution in [0.2, 0.25) is 5.02 Å². The van der Waals surface area contributed by atoms with Gasteiger partial charge < -0.3 is 9.84 Å². The predicted octanol–water partition coefficient (Wildman–Crippen LogP) is 4.45. The third-order valence-electron chi connectivity index (χ3n) is 3.04. The molecule has 2 nitrogen and oxygen atoms in total. The average molecular weight is 317 g/mol. The van der Waals surface area contributed by atoms with E-state index in [0.717, 1.165) is 12.1 Å². The molecule has 0 heterocycles. The Kier molecular flexibility index (Phi) is 4.44. The summed E-state index contributed by atoms with van der Waals surface area (Å²) in [6.07, 6.45) is -5.78. The molecule has 6 heteroatoms. The number of ether oxygens (including phenoxy) is 1. The van der Waals surface area contributed by atoms with Gasteiger partial charge in [0.05, 0.1) is 17.7 Å². The molecule has 2 rings (SSSR count). The van der Waals surface area contributed by atoms with Crippen LogP contribution in [-0.2, 0) is 6.18 Å². The first-order valence-corrected chi connectivity index (χ1v) is 6.40. The molecule has 0 aromatic heterocycles. The van der Waals surface area contributed by atoms with Crippen molar-refractivity contribution in [2.45, 2.75) is 12.3 Å². The Morgan fingerprint density at radius 3 is 2.43 bits per heavy atom. The summed E-state index contributed by atoms with van der Waals surface area (Å²) in [6.45, 7) is 0. The van der Waals surface area contributed by atoms with Crippen molar-refractivity contribution in [3.05, 3.63) is 64.2 Å². The SMILES string of the molecule is COc1cccc(Cl)c1C(O)c1cccc(C(F)(F)F)c1. The van der Waals surface area contributed by atoms with Crippen LogP contribution < -0.4 is 4.74 Å². The van der Waals surface area contributed by atoms with E-state index >= 15 is 0 Å². The van der Waals surface area contributed by atoms with Gasteiger partial charge in [-0.2, -0.15) is 13.2 Å². The van der Waals surface area contributed by atoms with E-state index in [9.17, 15) is 18.3 Å². The zero-order chi connectivity index (χ0) is 15.6. The molecule has 0 aliphatic rings. The van der Waals surface area contributed by atoms with E-state index in [-0.39, 0.29) is 16.1 Å². The molecule has 21 heavy (non-hydrogen) atoms. The van der Waals surface area contributed by atoms with E-state index in [0.29, 0.717) is 5.75 Å². The van der Waals surface area contributed by atoms with Crippen molar-refractivity contribution in [3.63, 3.8) is 0 Å². The lowest BCUT2D eigenvalue weighted by atomic mass is 9.98. The van der Waals surface area contributed by atoms with Crippen molar-refractivity contribution in [2.75, 3.05) is 7.11 Å². The van der Waals surface area contributed by atoms with Gasteiger partial charge >= 0.3 is 6.18 Å². The lowest BCUT2D eigenvalue weighted by Crippen LogP contribution is -2.08. The van der Waals surface area contributed by atoms with Crippen LogP contribution >= 0.6 is 11.6 Å². The normalized spacial score (nSPS) is 13.0. The van der Waals surface area contributed by atoms with Gasteiger partial charge in [0, 0.05) is 5.56 Å². The maximum Gasteiger partial charge on any atom is 0.416 e. The van der Waals surface area contributed by atoms with E-state index in [1.54, 1.807) is 12.1 Å². The first-order chi connectivity index (χ1) is 9.84. The molecule has 0 aliphatic heterocycles. The molecule has 2 aromatic carbocycles. The van der Waals surface area contributed by atoms with Crippen molar-refractivity contribution in [1.82, 2.24) is 0 Å². The van der Waals surface area contributed by atoms with Crippen LogP contribution in [0, 0.1) is 0 Å². The lowest BCUT2D eigenvalue weighted by molar-refractivity contribution is -0.137. The van der Waals surface area contributed by atoms with Crippen molar-refractivity contribution in [3.8, 4) is 5.75 Å². The molecule has 1 N–H and O–H groups in total. The molecule has 0 aliphatic carbocycles. The minimum Gasteiger partial charge on any atom is -0.496 e. The van der Waals surface area contributed by atoms with Gasteiger partial charge in [-0.3, -0.25) is 0 Å². The number of methoxy groups -OCH3 is 1. The Morgan fingerprint density at radius 2 is 1.81 bits per heavy atom. The Morgan fingerprint density at radius 1 is 1.14 bits per heavy atom. The Labute approximate surface area is 124 Å². The minimum absolute atomic E-state index is 0.0937. The fourth-order valence-electron chi connectivity index (χ4n) is 2.01. The second kappa shape index (κ2) is 5.95. The molecule has 0 amide bonds. The van der Waals surface area contributed by atoms with E-state index in [2.05, 4.69) is 0 Å². The molecule has 0 bridgehead atoms. The lowest BCUT2D eigenvalue weighted by Gasteiger charge is -2.18. The predicted molar refractivity (Wildman–Crippen MR) is 73.5 cm³/mol. The van der Waals surface area contributed by atoms with Gasteiger partial charge in [0.1, 0.15) is 11.9 Å². The zero-order valence-corrected chi connectivity index (χ0v) is 11.7. The van der Waals surface area contributed by atoms with Gasteiger partial charge in [-0.25, -0.2) is 0 Å². The smallest absolute Gasteiger partial charge is 0.416 e. The number of rotatable bonds is 3. The monoisotopic (exact) mass is 316 g/mol. The van der Waals surface area contributed by atoms with Gasteiger partial charge in [-0.1, -0.05) is 29.8 Å². The average Bonchev–Trinajstić information content (AvgIpc) is 2.45. The molecule has 0 fully saturated rings. The summed E-state index contributed by atoms with van der Waals surface area (Å²) in [5.41, 5.74) is -0.498. The van der Waals surface area contributed by atoms with Crippen LogP contribution in [0.25, 0.3) is 0 Å². The maximum absolute atomic E-state index is 12.7. The number of aliphatic hydroxyl groups excluding tert-OH is 1. The molecule has 0 saturated heterocycles. The van der Waals surface area contributed by atoms with Crippen LogP contribution in [-0.4, -0.2) is 12.2 Å². The Bertz CT molecular complexity index is 641. The molecular weight excluding hydrogens is 305 g/mol. The number of alkyl halides is 3. The number of halogens is 4. The summed E-state index contributed by atoms with van der Waals surface area (Å²) >= 11 is 6.02. The topological polar surface area (TPSA) is 29.5 Å². The first kappa shape index (κ1) is 15.7. The highest BCUT2D eigenvalue weighted by Gasteiger charge is 2.31. The van der Waals surface area contributed by atoms with Gasteiger partial charge in [0.25, 0.3) is 0 Å². The van der Waals surface area contributed by atoms with Crippen LogP contribution in [0.5, 0.6) is 5.75 Å². The highest BCUT2D eigenvalue weighted by atomic mass is 35.5. The van der Waals surface area contributed by atoms with Crippen molar-refractivity contribution < 1.29 is 23.0 Å². The van der Waals surface area contributed by atoms with Crippen LogP contribution in [0.1, 0.15) is 22.8 Å². The summed E-state index contributed by atoms with van der Waals surface area (Å²) < 4.78 is 43.3. The summed E-state index contributed by atoms with van der Waals surface area (Å²) in [5, 5.41) is 10.6. The number of hydrogen-bond acceptors (Lipinski definition) is 2. The van der Waals surface area contributed by atoms with E-state index in [1.807, 2.05) is 0 Å². The fraction of sp³-hybridized carbons (Fsp3) is 0.200. The minimum atomic E-state index is -4.47. The van der Waals surface area contributed by atoms with Crippen LogP contribution in [0.4, 0.5) is 13.2 Å². The van der Waals surface area contributed by atoms with E-state index in [4.69, 9.17) is 16.3 Å². The fourth-order valence-corrected chi connectivity index (χ4v) is 2.28. The summed E-state index contributed by atoms with van der Waals surface area (Å²) in [5.74, 6) is 0.312. The van der Waals surface area contributed by atoms with Crippen LogP contribution in [0.3, 0.4) is 0 Å². The highest BCUT2D eigenvalue weighted by molar-refractivity contribution is 6.31. The summed E-state index contributed by atoms with van der Waals surface area (Å²) in [7, 11) is 1.40. The summed E-state index contributed by atoms with van der Waals surface area (Å²) in [6, 6.07) is 9.23. The standard InChI is InChI=1S/C15H12ClF3O2/c1-21-12-7-3-6-11(16)13(12)14(20)9-4-2-5-10(8-9)15(17,18)19/h2-8,14,20H,1H3. The Hall–Kier alpha value is -1.72. The van der Waals surface area contributed by atoms with Crippen LogP contribution in [0.15, 0.2) is 42.5 Å². The molecule has 0 radical (unpaired) electrons. The van der Waals surface area contributed by atoms with E-state index in [1.165, 1.54) is 25.3 Å².